The second-order valence-corrected chi connectivity index (χ2v) is 4.72. The summed E-state index contributed by atoms with van der Waals surface area (Å²) in [7, 11) is 1.74. The maximum Gasteiger partial charge on any atom is 0.125 e. The van der Waals surface area contributed by atoms with Gasteiger partial charge in [-0.25, -0.2) is 0 Å². The molecule has 0 spiro atoms. The maximum atomic E-state index is 7.62. The number of methoxy groups -OCH3 is 1. The average Bonchev–Trinajstić information content (AvgIpc) is 2.39. The molecule has 1 saturated heterocycles. The number of nitrogen functional groups attached to an aromatic ring is 1. The van der Waals surface area contributed by atoms with Crippen LogP contribution in [0.3, 0.4) is 0 Å². The van der Waals surface area contributed by atoms with E-state index in [-0.39, 0.29) is 5.84 Å². The van der Waals surface area contributed by atoms with E-state index in [4.69, 9.17) is 15.9 Å². The van der Waals surface area contributed by atoms with E-state index in [1.165, 1.54) is 6.42 Å². The highest BCUT2D eigenvalue weighted by Crippen LogP contribution is 2.25. The lowest BCUT2D eigenvalue weighted by Crippen LogP contribution is -2.38. The number of amidine groups is 1. The minimum atomic E-state index is 0.0984. The molecular weight excluding hydrogens is 228 g/mol. The average molecular weight is 248 g/mol. The van der Waals surface area contributed by atoms with Crippen LogP contribution in [0, 0.1) is 11.3 Å². The number of anilines is 1. The summed E-state index contributed by atoms with van der Waals surface area (Å²) in [5.41, 5.74) is 7.35. The highest BCUT2D eigenvalue weighted by atomic mass is 16.5. The lowest BCUT2D eigenvalue weighted by atomic mass is 9.98. The first kappa shape index (κ1) is 12.8. The molecule has 0 bridgehead atoms. The number of nitrogens with one attached hydrogen (secondary N) is 1. The molecule has 1 aromatic rings. The molecule has 98 valence electrons. The van der Waals surface area contributed by atoms with Crippen molar-refractivity contribution >= 4 is 11.5 Å². The van der Waals surface area contributed by atoms with Crippen molar-refractivity contribution in [2.24, 2.45) is 11.7 Å². The third kappa shape index (κ3) is 2.79. The fourth-order valence-electron chi connectivity index (χ4n) is 2.52. The number of aromatic nitrogens is 1. The van der Waals surface area contributed by atoms with Gasteiger partial charge in [0.15, 0.2) is 0 Å². The standard InChI is InChI=1S/C13H20N4O/c1-18-9-10-3-2-6-17(8-10)12-7-16-5-4-11(12)13(14)15/h4-5,7,10H,2-3,6,8-9H2,1H3,(H3,14,15). The summed E-state index contributed by atoms with van der Waals surface area (Å²) >= 11 is 0. The molecule has 1 fully saturated rings. The van der Waals surface area contributed by atoms with Crippen molar-refractivity contribution in [3.05, 3.63) is 24.0 Å². The predicted molar refractivity (Wildman–Crippen MR) is 72.1 cm³/mol. The molecule has 3 N–H and O–H groups in total. The smallest absolute Gasteiger partial charge is 0.125 e. The fraction of sp³-hybridized carbons (Fsp3) is 0.538. The van der Waals surface area contributed by atoms with Gasteiger partial charge in [-0.2, -0.15) is 0 Å². The molecule has 0 radical (unpaired) electrons. The summed E-state index contributed by atoms with van der Waals surface area (Å²) in [6.07, 6.45) is 5.81. The van der Waals surface area contributed by atoms with Crippen molar-refractivity contribution in [1.82, 2.24) is 4.98 Å². The summed E-state index contributed by atoms with van der Waals surface area (Å²) in [6, 6.07) is 1.80. The first-order chi connectivity index (χ1) is 8.72. The number of piperidine rings is 1. The van der Waals surface area contributed by atoms with Gasteiger partial charge in [0.25, 0.3) is 0 Å². The van der Waals surface area contributed by atoms with Crippen LogP contribution >= 0.6 is 0 Å². The van der Waals surface area contributed by atoms with Crippen molar-refractivity contribution < 1.29 is 4.74 Å². The van der Waals surface area contributed by atoms with E-state index >= 15 is 0 Å². The van der Waals surface area contributed by atoms with Crippen molar-refractivity contribution in [2.45, 2.75) is 12.8 Å². The van der Waals surface area contributed by atoms with Gasteiger partial charge in [0.05, 0.1) is 18.5 Å². The second-order valence-electron chi connectivity index (χ2n) is 4.72. The Balaban J connectivity index is 2.18. The van der Waals surface area contributed by atoms with Crippen LogP contribution in [-0.2, 0) is 4.74 Å². The van der Waals surface area contributed by atoms with E-state index in [1.54, 1.807) is 25.6 Å². The van der Waals surface area contributed by atoms with Crippen LogP contribution in [0.1, 0.15) is 18.4 Å². The van der Waals surface area contributed by atoms with Gasteiger partial charge in [0.1, 0.15) is 5.84 Å². The Kier molecular flexibility index (Phi) is 4.15. The SMILES string of the molecule is COCC1CCCN(c2cnccc2C(=N)N)C1. The molecule has 1 unspecified atom stereocenters. The molecule has 1 aliphatic rings. The molecule has 1 aliphatic heterocycles. The Bertz CT molecular complexity index is 419. The van der Waals surface area contributed by atoms with Crippen molar-refractivity contribution in [2.75, 3.05) is 31.7 Å². The predicted octanol–water partition coefficient (Wildman–Crippen LogP) is 1.23. The van der Waals surface area contributed by atoms with Crippen LogP contribution in [0.4, 0.5) is 5.69 Å². The topological polar surface area (TPSA) is 75.2 Å². The maximum absolute atomic E-state index is 7.62. The van der Waals surface area contributed by atoms with E-state index < -0.39 is 0 Å². The summed E-state index contributed by atoms with van der Waals surface area (Å²) in [5, 5.41) is 7.62. The minimum absolute atomic E-state index is 0.0984. The number of pyridine rings is 1. The highest BCUT2D eigenvalue weighted by Gasteiger charge is 2.22. The Labute approximate surface area is 107 Å². The molecule has 0 saturated carbocycles. The number of nitrogens with two attached hydrogens (primary N) is 1. The number of rotatable bonds is 4. The van der Waals surface area contributed by atoms with Gasteiger partial charge in [-0.15, -0.1) is 0 Å². The summed E-state index contributed by atoms with van der Waals surface area (Å²) in [4.78, 5) is 6.41. The number of ether oxygens (including phenoxy) is 1. The van der Waals surface area contributed by atoms with Gasteiger partial charge in [-0.05, 0) is 24.8 Å². The first-order valence-electron chi connectivity index (χ1n) is 6.24. The van der Waals surface area contributed by atoms with Crippen molar-refractivity contribution in [3.63, 3.8) is 0 Å². The van der Waals surface area contributed by atoms with Gasteiger partial charge in [0, 0.05) is 32.0 Å². The van der Waals surface area contributed by atoms with E-state index in [0.717, 1.165) is 37.4 Å². The third-order valence-electron chi connectivity index (χ3n) is 3.35. The lowest BCUT2D eigenvalue weighted by Gasteiger charge is -2.34. The van der Waals surface area contributed by atoms with Gasteiger partial charge in [-0.1, -0.05) is 0 Å². The van der Waals surface area contributed by atoms with Crippen LogP contribution in [0.25, 0.3) is 0 Å². The molecular formula is C13H20N4O. The van der Waals surface area contributed by atoms with Crippen LogP contribution < -0.4 is 10.6 Å². The molecule has 2 heterocycles. The van der Waals surface area contributed by atoms with Crippen LogP contribution in [0.15, 0.2) is 18.5 Å². The normalized spacial score (nSPS) is 19.8. The molecule has 1 aromatic heterocycles. The zero-order valence-corrected chi connectivity index (χ0v) is 10.7. The van der Waals surface area contributed by atoms with Gasteiger partial charge in [-0.3, -0.25) is 10.4 Å². The lowest BCUT2D eigenvalue weighted by molar-refractivity contribution is 0.143. The molecule has 0 amide bonds. The van der Waals surface area contributed by atoms with E-state index in [0.29, 0.717) is 5.92 Å². The summed E-state index contributed by atoms with van der Waals surface area (Å²) in [6.45, 7) is 2.72. The Morgan fingerprint density at radius 3 is 3.22 bits per heavy atom. The molecule has 18 heavy (non-hydrogen) atoms. The summed E-state index contributed by atoms with van der Waals surface area (Å²) < 4.78 is 5.23. The third-order valence-corrected chi connectivity index (χ3v) is 3.35. The van der Waals surface area contributed by atoms with Crippen molar-refractivity contribution in [1.29, 1.82) is 5.41 Å². The highest BCUT2D eigenvalue weighted by molar-refractivity contribution is 6.00. The van der Waals surface area contributed by atoms with Gasteiger partial charge >= 0.3 is 0 Å². The van der Waals surface area contributed by atoms with Crippen LogP contribution in [-0.4, -0.2) is 37.6 Å². The van der Waals surface area contributed by atoms with E-state index in [2.05, 4.69) is 9.88 Å². The molecule has 2 rings (SSSR count). The number of nitrogens with zero attached hydrogens (tertiary/aromatic N) is 2. The molecule has 0 aliphatic carbocycles. The van der Waals surface area contributed by atoms with E-state index in [1.807, 2.05) is 0 Å². The number of hydrogen-bond acceptors (Lipinski definition) is 4. The molecule has 5 heteroatoms. The van der Waals surface area contributed by atoms with Crippen molar-refractivity contribution in [3.8, 4) is 0 Å². The molecule has 0 aromatic carbocycles. The fourth-order valence-corrected chi connectivity index (χ4v) is 2.52. The first-order valence-corrected chi connectivity index (χ1v) is 6.24. The minimum Gasteiger partial charge on any atom is -0.384 e. The summed E-state index contributed by atoms with van der Waals surface area (Å²) in [5.74, 6) is 0.644. The Hall–Kier alpha value is -1.62. The largest absolute Gasteiger partial charge is 0.384 e. The van der Waals surface area contributed by atoms with Gasteiger partial charge in [0.2, 0.25) is 0 Å². The quantitative estimate of drug-likeness (QED) is 0.620. The van der Waals surface area contributed by atoms with Crippen LogP contribution in [0.5, 0.6) is 0 Å². The Morgan fingerprint density at radius 1 is 1.67 bits per heavy atom. The second kappa shape index (κ2) is 5.82. The van der Waals surface area contributed by atoms with E-state index in [9.17, 15) is 0 Å². The monoisotopic (exact) mass is 248 g/mol. The van der Waals surface area contributed by atoms with Crippen LogP contribution in [0.2, 0.25) is 0 Å². The number of hydrogen-bond donors (Lipinski definition) is 2. The van der Waals surface area contributed by atoms with Gasteiger partial charge < -0.3 is 15.4 Å². The zero-order valence-electron chi connectivity index (χ0n) is 10.7. The molecule has 1 atom stereocenters. The Morgan fingerprint density at radius 2 is 2.50 bits per heavy atom. The molecule has 5 nitrogen and oxygen atoms in total. The zero-order chi connectivity index (χ0) is 13.0.